The third kappa shape index (κ3) is 4.29. The Bertz CT molecular complexity index is 771. The predicted octanol–water partition coefficient (Wildman–Crippen LogP) is 3.46. The van der Waals surface area contributed by atoms with Crippen LogP contribution in [0.2, 0.25) is 0 Å². The maximum absolute atomic E-state index is 12.2. The van der Waals surface area contributed by atoms with Gasteiger partial charge in [-0.25, -0.2) is 4.98 Å². The lowest BCUT2D eigenvalue weighted by atomic mass is 10.3. The van der Waals surface area contributed by atoms with Gasteiger partial charge in [-0.15, -0.1) is 0 Å². The number of hydrogen-bond donors (Lipinski definition) is 0. The SMILES string of the molecule is CN(CCOc1ccccc1)C(=O)CSc1nc2ccccc2o1. The second-order valence-electron chi connectivity index (χ2n) is 5.21. The molecule has 0 aliphatic heterocycles. The monoisotopic (exact) mass is 342 g/mol. The van der Waals surface area contributed by atoms with E-state index in [4.69, 9.17) is 9.15 Å². The topological polar surface area (TPSA) is 55.6 Å². The van der Waals surface area contributed by atoms with Gasteiger partial charge in [0.1, 0.15) is 17.9 Å². The second kappa shape index (κ2) is 7.88. The van der Waals surface area contributed by atoms with Gasteiger partial charge in [-0.2, -0.15) is 0 Å². The summed E-state index contributed by atoms with van der Waals surface area (Å²) in [4.78, 5) is 18.2. The minimum Gasteiger partial charge on any atom is -0.492 e. The van der Waals surface area contributed by atoms with Crippen LogP contribution in [0.25, 0.3) is 11.1 Å². The summed E-state index contributed by atoms with van der Waals surface area (Å²) in [5.41, 5.74) is 1.54. The van der Waals surface area contributed by atoms with Crippen LogP contribution in [0, 0.1) is 0 Å². The van der Waals surface area contributed by atoms with Crippen LogP contribution in [0.1, 0.15) is 0 Å². The fourth-order valence-corrected chi connectivity index (χ4v) is 2.87. The number of ether oxygens (including phenoxy) is 1. The highest BCUT2D eigenvalue weighted by Gasteiger charge is 2.12. The summed E-state index contributed by atoms with van der Waals surface area (Å²) in [5, 5.41) is 0.512. The van der Waals surface area contributed by atoms with Gasteiger partial charge in [0, 0.05) is 7.05 Å². The number of oxazole rings is 1. The third-order valence-electron chi connectivity index (χ3n) is 3.46. The molecule has 0 bridgehead atoms. The van der Waals surface area contributed by atoms with Crippen molar-refractivity contribution in [3.8, 4) is 5.75 Å². The number of benzene rings is 2. The van der Waals surface area contributed by atoms with Gasteiger partial charge in [0.15, 0.2) is 5.58 Å². The van der Waals surface area contributed by atoms with Crippen molar-refractivity contribution < 1.29 is 13.9 Å². The molecule has 0 saturated heterocycles. The van der Waals surface area contributed by atoms with Gasteiger partial charge in [-0.3, -0.25) is 4.79 Å². The molecule has 0 atom stereocenters. The van der Waals surface area contributed by atoms with Crippen LogP contribution in [0.15, 0.2) is 64.2 Å². The van der Waals surface area contributed by atoms with Gasteiger partial charge in [0.2, 0.25) is 5.91 Å². The Morgan fingerprint density at radius 1 is 1.17 bits per heavy atom. The Morgan fingerprint density at radius 2 is 1.92 bits per heavy atom. The van der Waals surface area contributed by atoms with Crippen LogP contribution in [0.4, 0.5) is 0 Å². The number of amides is 1. The van der Waals surface area contributed by atoms with E-state index in [2.05, 4.69) is 4.98 Å². The van der Waals surface area contributed by atoms with Crippen molar-refractivity contribution in [3.63, 3.8) is 0 Å². The molecule has 5 nitrogen and oxygen atoms in total. The van der Waals surface area contributed by atoms with Crippen molar-refractivity contribution in [2.24, 2.45) is 0 Å². The van der Waals surface area contributed by atoms with E-state index in [1.165, 1.54) is 11.8 Å². The molecule has 6 heteroatoms. The summed E-state index contributed by atoms with van der Waals surface area (Å²) in [6, 6.07) is 17.1. The summed E-state index contributed by atoms with van der Waals surface area (Å²) >= 11 is 1.30. The number of fused-ring (bicyclic) bond motifs is 1. The molecule has 3 rings (SSSR count). The number of nitrogens with zero attached hydrogens (tertiary/aromatic N) is 2. The lowest BCUT2D eigenvalue weighted by Crippen LogP contribution is -2.32. The zero-order valence-electron chi connectivity index (χ0n) is 13.3. The van der Waals surface area contributed by atoms with E-state index in [-0.39, 0.29) is 11.7 Å². The highest BCUT2D eigenvalue weighted by molar-refractivity contribution is 7.99. The fraction of sp³-hybridized carbons (Fsp3) is 0.222. The van der Waals surface area contributed by atoms with Gasteiger partial charge in [-0.05, 0) is 24.3 Å². The lowest BCUT2D eigenvalue weighted by Gasteiger charge is -2.16. The number of hydrogen-bond acceptors (Lipinski definition) is 5. The van der Waals surface area contributed by atoms with E-state index in [0.717, 1.165) is 16.8 Å². The van der Waals surface area contributed by atoms with Gasteiger partial charge in [-0.1, -0.05) is 42.1 Å². The van der Waals surface area contributed by atoms with Crippen molar-refractivity contribution in [2.45, 2.75) is 5.22 Å². The van der Waals surface area contributed by atoms with E-state index in [1.54, 1.807) is 11.9 Å². The number of para-hydroxylation sites is 3. The van der Waals surface area contributed by atoms with E-state index >= 15 is 0 Å². The molecule has 0 N–H and O–H groups in total. The van der Waals surface area contributed by atoms with E-state index in [9.17, 15) is 4.79 Å². The van der Waals surface area contributed by atoms with Crippen LogP contribution in [-0.2, 0) is 4.79 Å². The molecule has 0 saturated carbocycles. The molecule has 0 unspecified atom stereocenters. The largest absolute Gasteiger partial charge is 0.492 e. The predicted molar refractivity (Wildman–Crippen MR) is 94.3 cm³/mol. The molecule has 0 spiro atoms. The lowest BCUT2D eigenvalue weighted by molar-refractivity contribution is -0.127. The molecule has 0 fully saturated rings. The number of aromatic nitrogens is 1. The fourth-order valence-electron chi connectivity index (χ4n) is 2.09. The molecule has 2 aromatic carbocycles. The van der Waals surface area contributed by atoms with Crippen LogP contribution >= 0.6 is 11.8 Å². The molecule has 0 radical (unpaired) electrons. The van der Waals surface area contributed by atoms with Crippen molar-refractivity contribution in [2.75, 3.05) is 26.0 Å². The average molecular weight is 342 g/mol. The maximum Gasteiger partial charge on any atom is 0.257 e. The zero-order valence-corrected chi connectivity index (χ0v) is 14.2. The Kier molecular flexibility index (Phi) is 5.38. The Morgan fingerprint density at radius 3 is 2.71 bits per heavy atom. The average Bonchev–Trinajstić information content (AvgIpc) is 3.03. The number of carbonyl (C=O) groups is 1. The van der Waals surface area contributed by atoms with Crippen molar-refractivity contribution >= 4 is 28.8 Å². The van der Waals surface area contributed by atoms with Gasteiger partial charge in [0.25, 0.3) is 5.22 Å². The normalized spacial score (nSPS) is 10.7. The first-order chi connectivity index (χ1) is 11.7. The molecule has 1 aromatic heterocycles. The highest BCUT2D eigenvalue weighted by atomic mass is 32.2. The Labute approximate surface area is 144 Å². The van der Waals surface area contributed by atoms with Crippen LogP contribution in [-0.4, -0.2) is 41.7 Å². The first-order valence-electron chi connectivity index (χ1n) is 7.62. The highest BCUT2D eigenvalue weighted by Crippen LogP contribution is 2.23. The first-order valence-corrected chi connectivity index (χ1v) is 8.61. The summed E-state index contributed by atoms with van der Waals surface area (Å²) in [6.07, 6.45) is 0. The van der Waals surface area contributed by atoms with Crippen LogP contribution in [0.5, 0.6) is 5.75 Å². The molecular formula is C18H18N2O3S. The van der Waals surface area contributed by atoms with E-state index in [1.807, 2.05) is 54.6 Å². The molecule has 1 heterocycles. The Balaban J connectivity index is 1.44. The minimum absolute atomic E-state index is 0.0129. The number of thioether (sulfide) groups is 1. The minimum atomic E-state index is 0.0129. The van der Waals surface area contributed by atoms with E-state index in [0.29, 0.717) is 18.4 Å². The molecule has 0 aliphatic carbocycles. The molecule has 3 aromatic rings. The summed E-state index contributed by atoms with van der Waals surface area (Å²) < 4.78 is 11.2. The first kappa shape index (κ1) is 16.4. The molecule has 124 valence electrons. The number of carbonyl (C=O) groups excluding carboxylic acids is 1. The Hall–Kier alpha value is -2.47. The molecular weight excluding hydrogens is 324 g/mol. The van der Waals surface area contributed by atoms with Gasteiger partial charge < -0.3 is 14.1 Å². The van der Waals surface area contributed by atoms with Crippen LogP contribution < -0.4 is 4.74 Å². The number of likely N-dealkylation sites (N-methyl/N-ethyl adjacent to an activating group) is 1. The summed E-state index contributed by atoms with van der Waals surface area (Å²) in [6.45, 7) is 0.988. The number of rotatable bonds is 7. The molecule has 24 heavy (non-hydrogen) atoms. The van der Waals surface area contributed by atoms with Crippen molar-refractivity contribution in [3.05, 3.63) is 54.6 Å². The molecule has 1 amide bonds. The van der Waals surface area contributed by atoms with Crippen molar-refractivity contribution in [1.29, 1.82) is 0 Å². The van der Waals surface area contributed by atoms with Gasteiger partial charge in [0.05, 0.1) is 12.3 Å². The van der Waals surface area contributed by atoms with Crippen molar-refractivity contribution in [1.82, 2.24) is 9.88 Å². The zero-order chi connectivity index (χ0) is 16.8. The quantitative estimate of drug-likeness (QED) is 0.616. The smallest absolute Gasteiger partial charge is 0.257 e. The van der Waals surface area contributed by atoms with Gasteiger partial charge >= 0.3 is 0 Å². The van der Waals surface area contributed by atoms with E-state index < -0.39 is 0 Å². The third-order valence-corrected chi connectivity index (χ3v) is 4.27. The molecule has 0 aliphatic rings. The summed E-state index contributed by atoms with van der Waals surface area (Å²) in [7, 11) is 1.77. The maximum atomic E-state index is 12.2. The van der Waals surface area contributed by atoms with Crippen LogP contribution in [0.3, 0.4) is 0 Å². The second-order valence-corrected chi connectivity index (χ2v) is 6.14. The summed E-state index contributed by atoms with van der Waals surface area (Å²) in [5.74, 6) is 1.10. The standard InChI is InChI=1S/C18H18N2O3S/c1-20(11-12-22-14-7-3-2-4-8-14)17(21)13-24-18-19-15-9-5-6-10-16(15)23-18/h2-10H,11-13H2,1H3.